The largest absolute Gasteiger partial charge is 0.354 e. The number of fused-ring (bicyclic) bond motifs is 1. The quantitative estimate of drug-likeness (QED) is 0.829. The number of pyridine rings is 1. The van der Waals surface area contributed by atoms with Crippen molar-refractivity contribution in [1.29, 1.82) is 0 Å². The summed E-state index contributed by atoms with van der Waals surface area (Å²) in [7, 11) is 0. The SMILES string of the molecule is CC(N)c1ccc2c(n1)N(C(C)C)CCC2. The zero-order valence-electron chi connectivity index (χ0n) is 10.4. The molecule has 1 atom stereocenters. The number of nitrogens with zero attached hydrogens (tertiary/aromatic N) is 2. The molecule has 0 fully saturated rings. The number of aromatic nitrogens is 1. The average molecular weight is 219 g/mol. The summed E-state index contributed by atoms with van der Waals surface area (Å²) >= 11 is 0. The lowest BCUT2D eigenvalue weighted by Crippen LogP contribution is -2.36. The van der Waals surface area contributed by atoms with Crippen molar-refractivity contribution in [2.24, 2.45) is 5.73 Å². The van der Waals surface area contributed by atoms with Gasteiger partial charge in [0.15, 0.2) is 0 Å². The molecule has 1 aliphatic rings. The summed E-state index contributed by atoms with van der Waals surface area (Å²) in [6.45, 7) is 7.53. The van der Waals surface area contributed by atoms with E-state index >= 15 is 0 Å². The molecule has 2 N–H and O–H groups in total. The Morgan fingerprint density at radius 3 is 2.69 bits per heavy atom. The summed E-state index contributed by atoms with van der Waals surface area (Å²) in [6.07, 6.45) is 2.37. The van der Waals surface area contributed by atoms with E-state index in [0.717, 1.165) is 24.5 Å². The van der Waals surface area contributed by atoms with Gasteiger partial charge in [0.25, 0.3) is 0 Å². The first-order valence-electron chi connectivity index (χ1n) is 6.11. The van der Waals surface area contributed by atoms with E-state index in [1.54, 1.807) is 0 Å². The van der Waals surface area contributed by atoms with E-state index in [1.807, 2.05) is 6.92 Å². The third-order valence-corrected chi connectivity index (χ3v) is 3.18. The highest BCUT2D eigenvalue weighted by Gasteiger charge is 2.21. The Hall–Kier alpha value is -1.09. The Morgan fingerprint density at radius 1 is 1.31 bits per heavy atom. The molecule has 3 nitrogen and oxygen atoms in total. The van der Waals surface area contributed by atoms with E-state index in [2.05, 4.69) is 30.9 Å². The van der Waals surface area contributed by atoms with Gasteiger partial charge in [-0.05, 0) is 45.2 Å². The summed E-state index contributed by atoms with van der Waals surface area (Å²) in [5.41, 5.74) is 8.24. The van der Waals surface area contributed by atoms with Crippen LogP contribution in [-0.4, -0.2) is 17.6 Å². The van der Waals surface area contributed by atoms with E-state index in [0.29, 0.717) is 6.04 Å². The van der Waals surface area contributed by atoms with Crippen molar-refractivity contribution in [3.63, 3.8) is 0 Å². The highest BCUT2D eigenvalue weighted by atomic mass is 15.2. The molecular weight excluding hydrogens is 198 g/mol. The van der Waals surface area contributed by atoms with Crippen molar-refractivity contribution in [2.75, 3.05) is 11.4 Å². The number of rotatable bonds is 2. The lowest BCUT2D eigenvalue weighted by molar-refractivity contribution is 0.610. The second-order valence-electron chi connectivity index (χ2n) is 4.90. The Labute approximate surface area is 97.7 Å². The Morgan fingerprint density at radius 2 is 2.06 bits per heavy atom. The van der Waals surface area contributed by atoms with Gasteiger partial charge in [0.2, 0.25) is 0 Å². The standard InChI is InChI=1S/C13H21N3/c1-9(2)16-8-4-5-11-6-7-12(10(3)14)15-13(11)16/h6-7,9-10H,4-5,8,14H2,1-3H3. The molecule has 0 saturated carbocycles. The topological polar surface area (TPSA) is 42.1 Å². The molecule has 2 rings (SSSR count). The number of hydrogen-bond acceptors (Lipinski definition) is 3. The summed E-state index contributed by atoms with van der Waals surface area (Å²) in [6, 6.07) is 4.78. The molecule has 0 saturated heterocycles. The van der Waals surface area contributed by atoms with Crippen LogP contribution in [0.5, 0.6) is 0 Å². The van der Waals surface area contributed by atoms with Crippen molar-refractivity contribution in [2.45, 2.75) is 45.7 Å². The molecule has 0 bridgehead atoms. The molecule has 2 heterocycles. The third kappa shape index (κ3) is 2.05. The normalized spacial score (nSPS) is 17.4. The van der Waals surface area contributed by atoms with Crippen LogP contribution >= 0.6 is 0 Å². The van der Waals surface area contributed by atoms with Crippen molar-refractivity contribution < 1.29 is 0 Å². The molecule has 3 heteroatoms. The second kappa shape index (κ2) is 4.42. The van der Waals surface area contributed by atoms with E-state index in [4.69, 9.17) is 10.7 Å². The number of anilines is 1. The van der Waals surface area contributed by atoms with Crippen LogP contribution in [-0.2, 0) is 6.42 Å². The molecule has 0 radical (unpaired) electrons. The van der Waals surface area contributed by atoms with Gasteiger partial charge in [-0.25, -0.2) is 4.98 Å². The second-order valence-corrected chi connectivity index (χ2v) is 4.90. The minimum Gasteiger partial charge on any atom is -0.354 e. The maximum Gasteiger partial charge on any atom is 0.132 e. The van der Waals surface area contributed by atoms with E-state index in [-0.39, 0.29) is 6.04 Å². The van der Waals surface area contributed by atoms with Gasteiger partial charge < -0.3 is 10.6 Å². The maximum absolute atomic E-state index is 5.89. The van der Waals surface area contributed by atoms with Gasteiger partial charge in [-0.1, -0.05) is 6.07 Å². The van der Waals surface area contributed by atoms with Crippen LogP contribution in [0.15, 0.2) is 12.1 Å². The molecule has 0 aliphatic carbocycles. The molecule has 0 amide bonds. The summed E-state index contributed by atoms with van der Waals surface area (Å²) in [5, 5.41) is 0. The summed E-state index contributed by atoms with van der Waals surface area (Å²) < 4.78 is 0. The zero-order chi connectivity index (χ0) is 11.7. The minimum atomic E-state index is 0.0150. The van der Waals surface area contributed by atoms with Gasteiger partial charge >= 0.3 is 0 Å². The molecule has 1 aromatic rings. The molecule has 1 aliphatic heterocycles. The lowest BCUT2D eigenvalue weighted by Gasteiger charge is -2.33. The highest BCUT2D eigenvalue weighted by molar-refractivity contribution is 5.50. The van der Waals surface area contributed by atoms with E-state index < -0.39 is 0 Å². The van der Waals surface area contributed by atoms with Gasteiger partial charge in [0, 0.05) is 18.6 Å². The number of hydrogen-bond donors (Lipinski definition) is 1. The molecule has 88 valence electrons. The van der Waals surface area contributed by atoms with Crippen LogP contribution in [0.25, 0.3) is 0 Å². The van der Waals surface area contributed by atoms with Crippen molar-refractivity contribution in [3.8, 4) is 0 Å². The van der Waals surface area contributed by atoms with Crippen molar-refractivity contribution in [3.05, 3.63) is 23.4 Å². The molecule has 0 spiro atoms. The van der Waals surface area contributed by atoms with Crippen LogP contribution in [0.4, 0.5) is 5.82 Å². The molecule has 1 unspecified atom stereocenters. The Balaban J connectivity index is 2.40. The Bertz CT molecular complexity index is 371. The first-order chi connectivity index (χ1) is 7.59. The van der Waals surface area contributed by atoms with Crippen LogP contribution < -0.4 is 10.6 Å². The van der Waals surface area contributed by atoms with Gasteiger partial charge in [0.05, 0.1) is 5.69 Å². The zero-order valence-corrected chi connectivity index (χ0v) is 10.4. The summed E-state index contributed by atoms with van der Waals surface area (Å²) in [5.74, 6) is 1.15. The van der Waals surface area contributed by atoms with Crippen LogP contribution in [0.2, 0.25) is 0 Å². The molecule has 16 heavy (non-hydrogen) atoms. The monoisotopic (exact) mass is 219 g/mol. The first-order valence-corrected chi connectivity index (χ1v) is 6.11. The predicted molar refractivity (Wildman–Crippen MR) is 67.6 cm³/mol. The van der Waals surface area contributed by atoms with Gasteiger partial charge in [-0.2, -0.15) is 0 Å². The van der Waals surface area contributed by atoms with Crippen molar-refractivity contribution in [1.82, 2.24) is 4.98 Å². The number of nitrogens with two attached hydrogens (primary N) is 1. The van der Waals surface area contributed by atoms with Crippen LogP contribution in [0.3, 0.4) is 0 Å². The fourth-order valence-corrected chi connectivity index (χ4v) is 2.24. The number of aryl methyl sites for hydroxylation is 1. The molecular formula is C13H21N3. The minimum absolute atomic E-state index is 0.0150. The van der Waals surface area contributed by atoms with Gasteiger partial charge in [-0.3, -0.25) is 0 Å². The lowest BCUT2D eigenvalue weighted by atomic mass is 10.0. The molecule has 1 aromatic heterocycles. The van der Waals surface area contributed by atoms with Gasteiger partial charge in [-0.15, -0.1) is 0 Å². The Kier molecular flexibility index (Phi) is 3.15. The van der Waals surface area contributed by atoms with E-state index in [1.165, 1.54) is 12.0 Å². The summed E-state index contributed by atoms with van der Waals surface area (Å²) in [4.78, 5) is 7.10. The predicted octanol–water partition coefficient (Wildman–Crippen LogP) is 2.26. The first kappa shape index (κ1) is 11.4. The van der Waals surface area contributed by atoms with Crippen molar-refractivity contribution >= 4 is 5.82 Å². The average Bonchev–Trinajstić information content (AvgIpc) is 2.27. The van der Waals surface area contributed by atoms with Crippen LogP contribution in [0, 0.1) is 0 Å². The fraction of sp³-hybridized carbons (Fsp3) is 0.615. The third-order valence-electron chi connectivity index (χ3n) is 3.18. The smallest absolute Gasteiger partial charge is 0.132 e. The molecule has 0 aromatic carbocycles. The van der Waals surface area contributed by atoms with Crippen LogP contribution in [0.1, 0.15) is 44.5 Å². The highest BCUT2D eigenvalue weighted by Crippen LogP contribution is 2.27. The van der Waals surface area contributed by atoms with Gasteiger partial charge in [0.1, 0.15) is 5.82 Å². The maximum atomic E-state index is 5.89. The van der Waals surface area contributed by atoms with E-state index in [9.17, 15) is 0 Å². The fourth-order valence-electron chi connectivity index (χ4n) is 2.24.